The number of carbonyl (C=O) groups is 2. The SMILES string of the molecule is Cc1ccc([C@H](C(=O)NC2CCCCC2)N(Cc2ccc3c(c2)OCO3)C(=O)Cn2nnc3ccccc32)o1. The summed E-state index contributed by atoms with van der Waals surface area (Å²) in [5.41, 5.74) is 2.24. The van der Waals surface area contributed by atoms with Crippen LogP contribution in [0.15, 0.2) is 59.0 Å². The van der Waals surface area contributed by atoms with Crippen LogP contribution in [0.3, 0.4) is 0 Å². The van der Waals surface area contributed by atoms with E-state index in [-0.39, 0.29) is 37.7 Å². The molecule has 1 fully saturated rings. The molecule has 1 saturated carbocycles. The molecule has 2 aromatic carbocycles. The Morgan fingerprint density at radius 3 is 2.69 bits per heavy atom. The van der Waals surface area contributed by atoms with E-state index in [2.05, 4.69) is 15.6 Å². The Morgan fingerprint density at radius 2 is 1.87 bits per heavy atom. The van der Waals surface area contributed by atoms with E-state index in [1.54, 1.807) is 15.6 Å². The first kappa shape index (κ1) is 25.0. The highest BCUT2D eigenvalue weighted by Crippen LogP contribution is 2.34. The molecule has 4 aromatic rings. The molecule has 0 spiro atoms. The van der Waals surface area contributed by atoms with Gasteiger partial charge in [-0.15, -0.1) is 5.10 Å². The summed E-state index contributed by atoms with van der Waals surface area (Å²) in [6, 6.07) is 15.7. The first-order valence-corrected chi connectivity index (χ1v) is 13.4. The van der Waals surface area contributed by atoms with Crippen LogP contribution in [-0.4, -0.2) is 44.5 Å². The molecule has 0 bridgehead atoms. The molecule has 6 rings (SSSR count). The molecule has 0 unspecified atom stereocenters. The normalized spacial score (nSPS) is 15.8. The number of hydrogen-bond donors (Lipinski definition) is 1. The zero-order valence-electron chi connectivity index (χ0n) is 21.8. The summed E-state index contributed by atoms with van der Waals surface area (Å²) in [6.45, 7) is 2.05. The van der Waals surface area contributed by atoms with Crippen molar-refractivity contribution in [2.45, 2.75) is 64.2 Å². The van der Waals surface area contributed by atoms with E-state index in [9.17, 15) is 9.59 Å². The number of para-hydroxylation sites is 1. The van der Waals surface area contributed by atoms with E-state index in [0.717, 1.165) is 36.8 Å². The van der Waals surface area contributed by atoms with Crippen molar-refractivity contribution in [1.82, 2.24) is 25.2 Å². The molecular formula is C29H31N5O5. The van der Waals surface area contributed by atoms with Crippen molar-refractivity contribution >= 4 is 22.8 Å². The lowest BCUT2D eigenvalue weighted by molar-refractivity contribution is -0.143. The third kappa shape index (κ3) is 5.32. The highest BCUT2D eigenvalue weighted by Gasteiger charge is 2.36. The summed E-state index contributed by atoms with van der Waals surface area (Å²) in [5, 5.41) is 11.6. The van der Waals surface area contributed by atoms with Crippen LogP contribution in [0.1, 0.15) is 55.2 Å². The van der Waals surface area contributed by atoms with Crippen LogP contribution in [-0.2, 0) is 22.7 Å². The summed E-state index contributed by atoms with van der Waals surface area (Å²) in [5.74, 6) is 1.80. The minimum absolute atomic E-state index is 0.0755. The van der Waals surface area contributed by atoms with Gasteiger partial charge in [0.1, 0.15) is 23.6 Å². The standard InChI is InChI=1S/C29H31N5O5/c1-19-11-13-25(39-19)28(29(36)30-21-7-3-2-4-8-21)33(16-20-12-14-24-26(15-20)38-18-37-24)27(35)17-34-23-10-6-5-9-22(23)31-32-34/h5-6,9-15,21,28H,2-4,7-8,16-18H2,1H3,(H,30,36)/t28-/m1/s1. The second-order valence-electron chi connectivity index (χ2n) is 10.1. The summed E-state index contributed by atoms with van der Waals surface area (Å²) in [7, 11) is 0. The lowest BCUT2D eigenvalue weighted by Gasteiger charge is -2.32. The number of aryl methyl sites for hydroxylation is 1. The van der Waals surface area contributed by atoms with Gasteiger partial charge in [-0.25, -0.2) is 4.68 Å². The molecule has 0 saturated heterocycles. The van der Waals surface area contributed by atoms with E-state index in [0.29, 0.717) is 28.5 Å². The Kier molecular flexibility index (Phi) is 6.91. The number of carbonyl (C=O) groups excluding carboxylic acids is 2. The van der Waals surface area contributed by atoms with Crippen LogP contribution in [0.25, 0.3) is 11.0 Å². The van der Waals surface area contributed by atoms with Crippen LogP contribution >= 0.6 is 0 Å². The van der Waals surface area contributed by atoms with Gasteiger partial charge in [-0.2, -0.15) is 0 Å². The number of hydrogen-bond acceptors (Lipinski definition) is 7. The number of nitrogens with one attached hydrogen (secondary N) is 1. The van der Waals surface area contributed by atoms with Crippen molar-refractivity contribution in [3.63, 3.8) is 0 Å². The van der Waals surface area contributed by atoms with Crippen LogP contribution in [0.5, 0.6) is 11.5 Å². The summed E-state index contributed by atoms with van der Waals surface area (Å²) < 4.78 is 18.6. The van der Waals surface area contributed by atoms with Gasteiger partial charge in [-0.05, 0) is 61.7 Å². The number of aromatic nitrogens is 3. The number of ether oxygens (including phenoxy) is 2. The minimum Gasteiger partial charge on any atom is -0.464 e. The Bertz CT molecular complexity index is 1490. The fraction of sp³-hybridized carbons (Fsp3) is 0.379. The molecular weight excluding hydrogens is 498 g/mol. The van der Waals surface area contributed by atoms with Crippen molar-refractivity contribution < 1.29 is 23.5 Å². The number of amides is 2. The maximum Gasteiger partial charge on any atom is 0.250 e. The highest BCUT2D eigenvalue weighted by molar-refractivity contribution is 5.89. The molecule has 2 aromatic heterocycles. The fourth-order valence-electron chi connectivity index (χ4n) is 5.36. The van der Waals surface area contributed by atoms with Crippen LogP contribution in [0.4, 0.5) is 0 Å². The molecule has 3 heterocycles. The largest absolute Gasteiger partial charge is 0.464 e. The summed E-state index contributed by atoms with van der Waals surface area (Å²) >= 11 is 0. The Balaban J connectivity index is 1.36. The number of nitrogens with zero attached hydrogens (tertiary/aromatic N) is 4. The van der Waals surface area contributed by atoms with E-state index in [1.165, 1.54) is 6.42 Å². The van der Waals surface area contributed by atoms with Crippen molar-refractivity contribution in [1.29, 1.82) is 0 Å². The molecule has 1 aliphatic carbocycles. The quantitative estimate of drug-likeness (QED) is 0.363. The monoisotopic (exact) mass is 529 g/mol. The summed E-state index contributed by atoms with van der Waals surface area (Å²) in [4.78, 5) is 29.5. The zero-order valence-corrected chi connectivity index (χ0v) is 21.8. The van der Waals surface area contributed by atoms with Gasteiger partial charge in [-0.3, -0.25) is 9.59 Å². The van der Waals surface area contributed by atoms with E-state index < -0.39 is 6.04 Å². The smallest absolute Gasteiger partial charge is 0.250 e. The molecule has 2 aliphatic rings. The summed E-state index contributed by atoms with van der Waals surface area (Å²) in [6.07, 6.45) is 5.19. The van der Waals surface area contributed by atoms with Gasteiger partial charge in [0.25, 0.3) is 5.91 Å². The molecule has 1 aliphatic heterocycles. The van der Waals surface area contributed by atoms with Gasteiger partial charge in [0.2, 0.25) is 12.7 Å². The molecule has 202 valence electrons. The zero-order chi connectivity index (χ0) is 26.8. The average Bonchev–Trinajstić information content (AvgIpc) is 3.69. The van der Waals surface area contributed by atoms with Crippen molar-refractivity contribution in [2.24, 2.45) is 0 Å². The lowest BCUT2D eigenvalue weighted by atomic mass is 9.95. The van der Waals surface area contributed by atoms with Crippen LogP contribution in [0.2, 0.25) is 0 Å². The van der Waals surface area contributed by atoms with Gasteiger partial charge >= 0.3 is 0 Å². The van der Waals surface area contributed by atoms with E-state index in [1.807, 2.05) is 55.5 Å². The van der Waals surface area contributed by atoms with Gasteiger partial charge in [0.15, 0.2) is 17.5 Å². The van der Waals surface area contributed by atoms with Gasteiger partial charge < -0.3 is 24.1 Å². The second-order valence-corrected chi connectivity index (χ2v) is 10.1. The molecule has 1 N–H and O–H groups in total. The third-order valence-electron chi connectivity index (χ3n) is 7.36. The maximum atomic E-state index is 14.1. The fourth-order valence-corrected chi connectivity index (χ4v) is 5.36. The van der Waals surface area contributed by atoms with Crippen LogP contribution < -0.4 is 14.8 Å². The predicted octanol–water partition coefficient (Wildman–Crippen LogP) is 4.28. The van der Waals surface area contributed by atoms with Gasteiger partial charge in [0, 0.05) is 12.6 Å². The maximum absolute atomic E-state index is 14.1. The molecule has 39 heavy (non-hydrogen) atoms. The van der Waals surface area contributed by atoms with Crippen molar-refractivity contribution in [3.8, 4) is 11.5 Å². The third-order valence-corrected chi connectivity index (χ3v) is 7.36. The number of furan rings is 1. The molecule has 10 heteroatoms. The Morgan fingerprint density at radius 1 is 1.05 bits per heavy atom. The number of benzene rings is 2. The Labute approximate surface area is 225 Å². The molecule has 10 nitrogen and oxygen atoms in total. The predicted molar refractivity (Wildman–Crippen MR) is 142 cm³/mol. The molecule has 2 amide bonds. The van der Waals surface area contributed by atoms with Gasteiger partial charge in [-0.1, -0.05) is 42.7 Å². The lowest BCUT2D eigenvalue weighted by Crippen LogP contribution is -2.47. The van der Waals surface area contributed by atoms with Gasteiger partial charge in [0.05, 0.1) is 5.52 Å². The van der Waals surface area contributed by atoms with E-state index >= 15 is 0 Å². The average molecular weight is 530 g/mol. The van der Waals surface area contributed by atoms with Crippen molar-refractivity contribution in [2.75, 3.05) is 6.79 Å². The second kappa shape index (κ2) is 10.8. The Hall–Kier alpha value is -4.34. The first-order chi connectivity index (χ1) is 19.0. The highest BCUT2D eigenvalue weighted by atomic mass is 16.7. The van der Waals surface area contributed by atoms with Crippen molar-refractivity contribution in [3.05, 3.63) is 71.7 Å². The number of rotatable bonds is 8. The topological polar surface area (TPSA) is 112 Å². The number of fused-ring (bicyclic) bond motifs is 2. The van der Waals surface area contributed by atoms with E-state index in [4.69, 9.17) is 13.9 Å². The minimum atomic E-state index is -0.965. The molecule has 0 radical (unpaired) electrons. The first-order valence-electron chi connectivity index (χ1n) is 13.4. The molecule has 1 atom stereocenters. The van der Waals surface area contributed by atoms with Crippen LogP contribution in [0, 0.1) is 6.92 Å².